The van der Waals surface area contributed by atoms with E-state index in [9.17, 15) is 4.79 Å². The van der Waals surface area contributed by atoms with Crippen molar-refractivity contribution in [2.75, 3.05) is 0 Å². The van der Waals surface area contributed by atoms with Gasteiger partial charge in [0.2, 0.25) is 0 Å². The first-order chi connectivity index (χ1) is 10.0. The van der Waals surface area contributed by atoms with Crippen LogP contribution < -0.4 is 5.32 Å². The quantitative estimate of drug-likeness (QED) is 0.857. The summed E-state index contributed by atoms with van der Waals surface area (Å²) in [5.41, 5.74) is 4.16. The number of benzene rings is 1. The maximum Gasteiger partial charge on any atom is 0.267 e. The van der Waals surface area contributed by atoms with Crippen LogP contribution in [0.2, 0.25) is 0 Å². The van der Waals surface area contributed by atoms with E-state index >= 15 is 0 Å². The van der Waals surface area contributed by atoms with Crippen molar-refractivity contribution in [1.29, 1.82) is 0 Å². The average Bonchev–Trinajstić information content (AvgIpc) is 2.85. The molecule has 1 fully saturated rings. The van der Waals surface area contributed by atoms with Crippen LogP contribution in [0.4, 0.5) is 0 Å². The van der Waals surface area contributed by atoms with Crippen molar-refractivity contribution >= 4 is 16.8 Å². The van der Waals surface area contributed by atoms with E-state index in [1.807, 2.05) is 6.07 Å². The Balaban J connectivity index is 1.83. The highest BCUT2D eigenvalue weighted by molar-refractivity contribution is 5.99. The number of hydrogen-bond donors (Lipinski definition) is 2. The van der Waals surface area contributed by atoms with Gasteiger partial charge in [0.1, 0.15) is 5.69 Å². The number of carbonyl (C=O) groups is 1. The number of amides is 1. The summed E-state index contributed by atoms with van der Waals surface area (Å²) in [6.45, 7) is 6.41. The molecule has 21 heavy (non-hydrogen) atoms. The molecule has 0 radical (unpaired) electrons. The minimum atomic E-state index is 0.0296. The summed E-state index contributed by atoms with van der Waals surface area (Å²) in [5.74, 6) is 0.609. The molecule has 1 heterocycles. The van der Waals surface area contributed by atoms with Crippen LogP contribution in [-0.4, -0.2) is 16.9 Å². The Morgan fingerprint density at radius 1 is 1.19 bits per heavy atom. The van der Waals surface area contributed by atoms with E-state index in [0.29, 0.717) is 17.7 Å². The minimum absolute atomic E-state index is 0.0296. The molecule has 0 saturated heterocycles. The lowest BCUT2D eigenvalue weighted by Gasteiger charge is -2.29. The predicted molar refractivity (Wildman–Crippen MR) is 86.7 cm³/mol. The molecule has 0 aliphatic heterocycles. The number of H-pyrrole nitrogens is 1. The standard InChI is InChI=1S/C18H24N2O/c1-11-8-13(3)14-10-17(19-16(14)9-11)18(21)20-15-7-5-4-6-12(15)2/h8-10,12,15,19H,4-7H2,1-3H3,(H,20,21)/t12-,15-/m0/s1. The van der Waals surface area contributed by atoms with Gasteiger partial charge in [0, 0.05) is 16.9 Å². The number of aromatic nitrogens is 1. The zero-order valence-corrected chi connectivity index (χ0v) is 13.1. The maximum absolute atomic E-state index is 12.5. The van der Waals surface area contributed by atoms with Crippen molar-refractivity contribution in [2.24, 2.45) is 5.92 Å². The summed E-state index contributed by atoms with van der Waals surface area (Å²) < 4.78 is 0. The number of aromatic amines is 1. The SMILES string of the molecule is Cc1cc(C)c2cc(C(=O)N[C@H]3CCCC[C@@H]3C)[nH]c2c1. The number of hydrogen-bond acceptors (Lipinski definition) is 1. The molecule has 1 saturated carbocycles. The van der Waals surface area contributed by atoms with E-state index in [1.54, 1.807) is 0 Å². The zero-order valence-electron chi connectivity index (χ0n) is 13.1. The minimum Gasteiger partial charge on any atom is -0.351 e. The fourth-order valence-electron chi connectivity index (χ4n) is 3.50. The third-order valence-corrected chi connectivity index (χ3v) is 4.76. The number of rotatable bonds is 2. The van der Waals surface area contributed by atoms with Crippen molar-refractivity contribution in [3.8, 4) is 0 Å². The van der Waals surface area contributed by atoms with Crippen LogP contribution in [0.1, 0.15) is 54.2 Å². The van der Waals surface area contributed by atoms with Crippen LogP contribution in [0, 0.1) is 19.8 Å². The van der Waals surface area contributed by atoms with E-state index in [4.69, 9.17) is 0 Å². The van der Waals surface area contributed by atoms with Gasteiger partial charge in [-0.3, -0.25) is 4.79 Å². The van der Waals surface area contributed by atoms with E-state index in [2.05, 4.69) is 43.2 Å². The highest BCUT2D eigenvalue weighted by atomic mass is 16.1. The van der Waals surface area contributed by atoms with Crippen LogP contribution in [0.25, 0.3) is 10.9 Å². The van der Waals surface area contributed by atoms with Gasteiger partial charge >= 0.3 is 0 Å². The lowest BCUT2D eigenvalue weighted by molar-refractivity contribution is 0.0906. The normalized spacial score (nSPS) is 22.4. The van der Waals surface area contributed by atoms with E-state index in [0.717, 1.165) is 17.3 Å². The molecule has 2 aromatic rings. The molecule has 0 spiro atoms. The summed E-state index contributed by atoms with van der Waals surface area (Å²) in [4.78, 5) is 15.8. The van der Waals surface area contributed by atoms with Gasteiger partial charge in [0.15, 0.2) is 0 Å². The smallest absolute Gasteiger partial charge is 0.267 e. The van der Waals surface area contributed by atoms with Crippen LogP contribution in [0.15, 0.2) is 18.2 Å². The van der Waals surface area contributed by atoms with E-state index in [1.165, 1.54) is 30.4 Å². The fourth-order valence-corrected chi connectivity index (χ4v) is 3.50. The van der Waals surface area contributed by atoms with Crippen molar-refractivity contribution in [3.05, 3.63) is 35.0 Å². The summed E-state index contributed by atoms with van der Waals surface area (Å²) >= 11 is 0. The molecule has 0 unspecified atom stereocenters. The second-order valence-corrected chi connectivity index (χ2v) is 6.57. The molecule has 112 valence electrons. The molecular weight excluding hydrogens is 260 g/mol. The average molecular weight is 284 g/mol. The maximum atomic E-state index is 12.5. The molecule has 3 heteroatoms. The second kappa shape index (κ2) is 5.55. The number of carbonyl (C=O) groups excluding carboxylic acids is 1. The first-order valence-corrected chi connectivity index (χ1v) is 7.95. The molecule has 2 atom stereocenters. The highest BCUT2D eigenvalue weighted by Gasteiger charge is 2.23. The summed E-state index contributed by atoms with van der Waals surface area (Å²) in [6.07, 6.45) is 4.83. The summed E-state index contributed by atoms with van der Waals surface area (Å²) in [7, 11) is 0. The van der Waals surface area contributed by atoms with Crippen LogP contribution >= 0.6 is 0 Å². The van der Waals surface area contributed by atoms with Crippen molar-refractivity contribution in [2.45, 2.75) is 52.5 Å². The molecule has 1 aromatic carbocycles. The van der Waals surface area contributed by atoms with Crippen LogP contribution in [0.5, 0.6) is 0 Å². The van der Waals surface area contributed by atoms with E-state index in [-0.39, 0.29) is 5.91 Å². The third kappa shape index (κ3) is 2.82. The van der Waals surface area contributed by atoms with Gasteiger partial charge in [-0.15, -0.1) is 0 Å². The van der Waals surface area contributed by atoms with Crippen molar-refractivity contribution < 1.29 is 4.79 Å². The lowest BCUT2D eigenvalue weighted by atomic mass is 9.86. The molecule has 2 N–H and O–H groups in total. The Hall–Kier alpha value is -1.77. The predicted octanol–water partition coefficient (Wildman–Crippen LogP) is 4.09. The Morgan fingerprint density at radius 3 is 2.71 bits per heavy atom. The Kier molecular flexibility index (Phi) is 3.75. The zero-order chi connectivity index (χ0) is 15.0. The molecular formula is C18H24N2O. The highest BCUT2D eigenvalue weighted by Crippen LogP contribution is 2.25. The lowest BCUT2D eigenvalue weighted by Crippen LogP contribution is -2.41. The number of nitrogens with one attached hydrogen (secondary N) is 2. The van der Waals surface area contributed by atoms with Crippen molar-refractivity contribution in [1.82, 2.24) is 10.3 Å². The monoisotopic (exact) mass is 284 g/mol. The molecule has 1 aromatic heterocycles. The van der Waals surface area contributed by atoms with Gasteiger partial charge in [0.25, 0.3) is 5.91 Å². The molecule has 1 aliphatic rings. The second-order valence-electron chi connectivity index (χ2n) is 6.57. The first-order valence-electron chi connectivity index (χ1n) is 7.95. The van der Waals surface area contributed by atoms with Gasteiger partial charge in [0.05, 0.1) is 0 Å². The van der Waals surface area contributed by atoms with Gasteiger partial charge in [-0.1, -0.05) is 25.8 Å². The van der Waals surface area contributed by atoms with Gasteiger partial charge in [-0.2, -0.15) is 0 Å². The fraction of sp³-hybridized carbons (Fsp3) is 0.500. The molecule has 3 rings (SSSR count). The third-order valence-electron chi connectivity index (χ3n) is 4.76. The van der Waals surface area contributed by atoms with Crippen LogP contribution in [-0.2, 0) is 0 Å². The van der Waals surface area contributed by atoms with Crippen molar-refractivity contribution in [3.63, 3.8) is 0 Å². The molecule has 1 amide bonds. The topological polar surface area (TPSA) is 44.9 Å². The number of fused-ring (bicyclic) bond motifs is 1. The first kappa shape index (κ1) is 14.2. The van der Waals surface area contributed by atoms with Crippen LogP contribution in [0.3, 0.4) is 0 Å². The Bertz CT molecular complexity index is 671. The Labute approximate surface area is 126 Å². The largest absolute Gasteiger partial charge is 0.351 e. The molecule has 0 bridgehead atoms. The van der Waals surface area contributed by atoms with Gasteiger partial charge < -0.3 is 10.3 Å². The molecule has 1 aliphatic carbocycles. The van der Waals surface area contributed by atoms with Gasteiger partial charge in [-0.05, 0) is 55.9 Å². The summed E-state index contributed by atoms with van der Waals surface area (Å²) in [5, 5.41) is 4.35. The molecule has 3 nitrogen and oxygen atoms in total. The van der Waals surface area contributed by atoms with Gasteiger partial charge in [-0.25, -0.2) is 0 Å². The Morgan fingerprint density at radius 2 is 1.95 bits per heavy atom. The summed E-state index contributed by atoms with van der Waals surface area (Å²) in [6, 6.07) is 6.55. The number of aryl methyl sites for hydroxylation is 2. The van der Waals surface area contributed by atoms with E-state index < -0.39 is 0 Å².